The number of imidazole rings is 1. The van der Waals surface area contributed by atoms with Gasteiger partial charge in [-0.05, 0) is 42.7 Å². The van der Waals surface area contributed by atoms with Crippen LogP contribution in [0.15, 0.2) is 36.5 Å². The van der Waals surface area contributed by atoms with Crippen molar-refractivity contribution in [1.29, 1.82) is 0 Å². The van der Waals surface area contributed by atoms with Crippen LogP contribution < -0.4 is 16.4 Å². The van der Waals surface area contributed by atoms with Crippen molar-refractivity contribution in [2.24, 2.45) is 5.73 Å². The van der Waals surface area contributed by atoms with Crippen LogP contribution in [0.1, 0.15) is 30.7 Å². The molecule has 5 N–H and O–H groups in total. The number of carboxylic acids is 1. The van der Waals surface area contributed by atoms with Crippen molar-refractivity contribution >= 4 is 17.7 Å². The molecular formula is C21H30N6O5. The van der Waals surface area contributed by atoms with Gasteiger partial charge in [-0.2, -0.15) is 0 Å². The minimum atomic E-state index is -1.10. The average molecular weight is 447 g/mol. The van der Waals surface area contributed by atoms with Gasteiger partial charge < -0.3 is 31.6 Å². The highest BCUT2D eigenvalue weighted by atomic mass is 16.6. The lowest BCUT2D eigenvalue weighted by Gasteiger charge is -2.21. The maximum Gasteiger partial charge on any atom is 0.342 e. The van der Waals surface area contributed by atoms with Gasteiger partial charge in [0.2, 0.25) is 5.91 Å². The Balaban J connectivity index is 2.08. The fourth-order valence-electron chi connectivity index (χ4n) is 3.36. The second-order valence-corrected chi connectivity index (χ2v) is 7.45. The summed E-state index contributed by atoms with van der Waals surface area (Å²) >= 11 is 0. The highest BCUT2D eigenvalue weighted by Gasteiger charge is 2.26. The predicted molar refractivity (Wildman–Crippen MR) is 118 cm³/mol. The number of nitrogens with one attached hydrogen (secondary N) is 2. The molecule has 2 unspecified atom stereocenters. The van der Waals surface area contributed by atoms with E-state index in [1.165, 1.54) is 10.8 Å². The zero-order chi connectivity index (χ0) is 23.5. The number of unbranched alkanes of at least 4 members (excludes halogenated alkanes) is 1. The van der Waals surface area contributed by atoms with E-state index in [9.17, 15) is 24.8 Å². The third-order valence-electron chi connectivity index (χ3n) is 5.11. The Bertz CT molecular complexity index is 901. The van der Waals surface area contributed by atoms with Gasteiger partial charge in [-0.3, -0.25) is 4.79 Å². The summed E-state index contributed by atoms with van der Waals surface area (Å²) in [6, 6.07) is 7.61. The molecule has 0 aliphatic rings. The number of hydrogen-bond donors (Lipinski definition) is 4. The SMILES string of the molecule is Cc1ncc([N+](=O)[O-])n1CCNC(Cc1ccccc1)C(=O)NC(CCCCN)C(=O)O. The zero-order valence-corrected chi connectivity index (χ0v) is 18.1. The zero-order valence-electron chi connectivity index (χ0n) is 18.1. The van der Waals surface area contributed by atoms with Crippen molar-refractivity contribution in [2.45, 2.75) is 51.2 Å². The summed E-state index contributed by atoms with van der Waals surface area (Å²) in [5.74, 6) is -1.17. The quantitative estimate of drug-likeness (QED) is 0.189. The molecule has 1 aromatic heterocycles. The third-order valence-corrected chi connectivity index (χ3v) is 5.11. The fraction of sp³-hybridized carbons (Fsp3) is 0.476. The van der Waals surface area contributed by atoms with Crippen LogP contribution in [0.3, 0.4) is 0 Å². The van der Waals surface area contributed by atoms with Gasteiger partial charge in [0.1, 0.15) is 18.8 Å². The van der Waals surface area contributed by atoms with Crippen molar-refractivity contribution in [3.05, 3.63) is 58.0 Å². The van der Waals surface area contributed by atoms with Crippen LogP contribution in [-0.4, -0.2) is 56.6 Å². The van der Waals surface area contributed by atoms with Gasteiger partial charge in [-0.25, -0.2) is 14.3 Å². The molecular weight excluding hydrogens is 416 g/mol. The van der Waals surface area contributed by atoms with Gasteiger partial charge in [0.15, 0.2) is 5.82 Å². The standard InChI is InChI=1S/C21H30N6O5/c1-15-24-14-19(27(31)32)26(15)12-11-23-18(13-16-7-3-2-4-8-16)20(28)25-17(21(29)30)9-5-6-10-22/h2-4,7-8,14,17-18,23H,5-6,9-13,22H2,1H3,(H,25,28)(H,29,30). The van der Waals surface area contributed by atoms with Crippen molar-refractivity contribution < 1.29 is 19.6 Å². The van der Waals surface area contributed by atoms with Gasteiger partial charge in [0.25, 0.3) is 0 Å². The van der Waals surface area contributed by atoms with E-state index < -0.39 is 28.9 Å². The number of aromatic nitrogens is 2. The molecule has 0 spiro atoms. The first kappa shape index (κ1) is 25.0. The highest BCUT2D eigenvalue weighted by molar-refractivity contribution is 5.87. The van der Waals surface area contributed by atoms with Crippen molar-refractivity contribution in [3.8, 4) is 0 Å². The second-order valence-electron chi connectivity index (χ2n) is 7.45. The van der Waals surface area contributed by atoms with Crippen LogP contribution in [0.2, 0.25) is 0 Å². The summed E-state index contributed by atoms with van der Waals surface area (Å²) in [6.45, 7) is 2.62. The highest BCUT2D eigenvalue weighted by Crippen LogP contribution is 2.13. The lowest BCUT2D eigenvalue weighted by atomic mass is 10.0. The van der Waals surface area contributed by atoms with Crippen molar-refractivity contribution in [3.63, 3.8) is 0 Å². The first-order valence-electron chi connectivity index (χ1n) is 10.5. The maximum absolute atomic E-state index is 12.9. The average Bonchev–Trinajstić information content (AvgIpc) is 3.13. The Labute approximate surface area is 186 Å². The number of carbonyl (C=O) groups is 2. The minimum Gasteiger partial charge on any atom is -0.480 e. The molecule has 0 radical (unpaired) electrons. The molecule has 32 heavy (non-hydrogen) atoms. The number of carboxylic acid groups (broad SMARTS) is 1. The molecule has 0 bridgehead atoms. The monoisotopic (exact) mass is 446 g/mol. The molecule has 1 aromatic carbocycles. The molecule has 0 aliphatic carbocycles. The third kappa shape index (κ3) is 7.43. The van der Waals surface area contributed by atoms with Gasteiger partial charge in [-0.1, -0.05) is 30.3 Å². The second kappa shape index (κ2) is 12.5. The number of amides is 1. The number of benzene rings is 1. The molecule has 2 rings (SSSR count). The van der Waals surface area contributed by atoms with E-state index in [1.807, 2.05) is 30.3 Å². The summed E-state index contributed by atoms with van der Waals surface area (Å²) in [5.41, 5.74) is 6.37. The van der Waals surface area contributed by atoms with Crippen LogP contribution in [0.4, 0.5) is 5.82 Å². The molecule has 0 fully saturated rings. The van der Waals surface area contributed by atoms with E-state index in [4.69, 9.17) is 5.73 Å². The van der Waals surface area contributed by atoms with E-state index in [-0.39, 0.29) is 25.3 Å². The van der Waals surface area contributed by atoms with E-state index in [1.54, 1.807) is 6.92 Å². The number of carbonyl (C=O) groups excluding carboxylic acids is 1. The van der Waals surface area contributed by atoms with Gasteiger partial charge in [0.05, 0.1) is 6.04 Å². The molecule has 2 aromatic rings. The van der Waals surface area contributed by atoms with Gasteiger partial charge in [-0.15, -0.1) is 0 Å². The lowest BCUT2D eigenvalue weighted by molar-refractivity contribution is -0.392. The van der Waals surface area contributed by atoms with Gasteiger partial charge in [0, 0.05) is 13.5 Å². The summed E-state index contributed by atoms with van der Waals surface area (Å²) in [7, 11) is 0. The topological polar surface area (TPSA) is 165 Å². The summed E-state index contributed by atoms with van der Waals surface area (Å²) in [4.78, 5) is 39.2. The van der Waals surface area contributed by atoms with Crippen LogP contribution in [-0.2, 0) is 22.6 Å². The van der Waals surface area contributed by atoms with Crippen molar-refractivity contribution in [2.75, 3.05) is 13.1 Å². The smallest absolute Gasteiger partial charge is 0.342 e. The van der Waals surface area contributed by atoms with E-state index in [2.05, 4.69) is 15.6 Å². The molecule has 1 amide bonds. The summed E-state index contributed by atoms with van der Waals surface area (Å²) in [6.07, 6.45) is 3.09. The number of hydrogen-bond acceptors (Lipinski definition) is 7. The van der Waals surface area contributed by atoms with Crippen LogP contribution in [0.25, 0.3) is 0 Å². The molecule has 0 saturated heterocycles. The molecule has 11 nitrogen and oxygen atoms in total. The summed E-state index contributed by atoms with van der Waals surface area (Å²) < 4.78 is 1.46. The van der Waals surface area contributed by atoms with Crippen molar-refractivity contribution in [1.82, 2.24) is 20.2 Å². The summed E-state index contributed by atoms with van der Waals surface area (Å²) in [5, 5.41) is 26.4. The predicted octanol–water partition coefficient (Wildman–Crippen LogP) is 0.999. The first-order chi connectivity index (χ1) is 15.3. The Hall–Kier alpha value is -3.31. The van der Waals surface area contributed by atoms with E-state index in [0.29, 0.717) is 31.6 Å². The number of nitrogens with zero attached hydrogens (tertiary/aromatic N) is 3. The number of rotatable bonds is 14. The molecule has 2 atom stereocenters. The largest absolute Gasteiger partial charge is 0.480 e. The van der Waals surface area contributed by atoms with E-state index in [0.717, 1.165) is 5.56 Å². The lowest BCUT2D eigenvalue weighted by Crippen LogP contribution is -2.51. The fourth-order valence-corrected chi connectivity index (χ4v) is 3.36. The molecule has 11 heteroatoms. The Morgan fingerprint density at radius 1 is 1.25 bits per heavy atom. The molecule has 174 valence electrons. The molecule has 0 saturated carbocycles. The maximum atomic E-state index is 12.9. The number of nitrogens with two attached hydrogens (primary N) is 1. The molecule has 1 heterocycles. The Kier molecular flexibility index (Phi) is 9.76. The number of nitro groups is 1. The number of aryl methyl sites for hydroxylation is 1. The normalized spacial score (nSPS) is 12.8. The van der Waals surface area contributed by atoms with Gasteiger partial charge >= 0.3 is 11.8 Å². The van der Waals surface area contributed by atoms with E-state index >= 15 is 0 Å². The molecule has 0 aliphatic heterocycles. The Morgan fingerprint density at radius 3 is 2.59 bits per heavy atom. The van der Waals surface area contributed by atoms with Crippen LogP contribution in [0, 0.1) is 17.0 Å². The minimum absolute atomic E-state index is 0.126. The van der Waals surface area contributed by atoms with Crippen LogP contribution in [0.5, 0.6) is 0 Å². The Morgan fingerprint density at radius 2 is 1.97 bits per heavy atom. The number of aliphatic carboxylic acids is 1. The van der Waals surface area contributed by atoms with Crippen LogP contribution >= 0.6 is 0 Å². The first-order valence-corrected chi connectivity index (χ1v) is 10.5.